The highest BCUT2D eigenvalue weighted by Gasteiger charge is 2.17. The third kappa shape index (κ3) is 4.73. The van der Waals surface area contributed by atoms with Gasteiger partial charge in [-0.3, -0.25) is 0 Å². The lowest BCUT2D eigenvalue weighted by atomic mass is 9.82. The molecule has 124 valence electrons. The van der Waals surface area contributed by atoms with E-state index in [1.807, 2.05) is 36.4 Å². The van der Waals surface area contributed by atoms with Crippen LogP contribution in [0.3, 0.4) is 0 Å². The molecular weight excluding hydrogens is 286 g/mol. The van der Waals surface area contributed by atoms with Gasteiger partial charge in [-0.25, -0.2) is 0 Å². The van der Waals surface area contributed by atoms with Gasteiger partial charge in [-0.2, -0.15) is 0 Å². The maximum absolute atomic E-state index is 5.75. The predicted molar refractivity (Wildman–Crippen MR) is 95.1 cm³/mol. The first-order valence-corrected chi connectivity index (χ1v) is 8.21. The molecule has 2 rings (SSSR count). The highest BCUT2D eigenvalue weighted by molar-refractivity contribution is 5.33. The Labute approximate surface area is 139 Å². The number of hydrogen-bond donors (Lipinski definition) is 1. The molecule has 3 heteroatoms. The smallest absolute Gasteiger partial charge is 0.123 e. The van der Waals surface area contributed by atoms with E-state index >= 15 is 0 Å². The van der Waals surface area contributed by atoms with Crippen molar-refractivity contribution >= 4 is 0 Å². The second kappa shape index (κ2) is 8.02. The molecule has 0 heterocycles. The average Bonchev–Trinajstić information content (AvgIpc) is 2.59. The zero-order valence-corrected chi connectivity index (χ0v) is 14.3. The second-order valence-electron chi connectivity index (χ2n) is 6.27. The Hall–Kier alpha value is -2.00. The van der Waals surface area contributed by atoms with Crippen molar-refractivity contribution in [1.82, 2.24) is 0 Å². The molecule has 0 radical (unpaired) electrons. The summed E-state index contributed by atoms with van der Waals surface area (Å²) in [5.74, 6) is 1.70. The maximum atomic E-state index is 5.75. The molecule has 0 fully saturated rings. The number of nitrogens with two attached hydrogens (primary N) is 1. The SMILES string of the molecule is CCC(C)(C)c1ccc(OCCOc2ccccc2CN)cc1. The van der Waals surface area contributed by atoms with E-state index in [2.05, 4.69) is 32.9 Å². The van der Waals surface area contributed by atoms with Crippen LogP contribution in [0.5, 0.6) is 11.5 Å². The van der Waals surface area contributed by atoms with Crippen LogP contribution in [-0.4, -0.2) is 13.2 Å². The van der Waals surface area contributed by atoms with Crippen molar-refractivity contribution < 1.29 is 9.47 Å². The highest BCUT2D eigenvalue weighted by Crippen LogP contribution is 2.28. The van der Waals surface area contributed by atoms with Gasteiger partial charge >= 0.3 is 0 Å². The van der Waals surface area contributed by atoms with Gasteiger partial charge in [-0.15, -0.1) is 0 Å². The normalized spacial score (nSPS) is 11.3. The quantitative estimate of drug-likeness (QED) is 0.739. The van der Waals surface area contributed by atoms with Crippen molar-refractivity contribution in [3.05, 3.63) is 59.7 Å². The van der Waals surface area contributed by atoms with E-state index in [1.54, 1.807) is 0 Å². The van der Waals surface area contributed by atoms with E-state index in [-0.39, 0.29) is 5.41 Å². The van der Waals surface area contributed by atoms with Gasteiger partial charge in [0.1, 0.15) is 24.7 Å². The third-order valence-electron chi connectivity index (χ3n) is 4.32. The summed E-state index contributed by atoms with van der Waals surface area (Å²) in [6.45, 7) is 8.21. The van der Waals surface area contributed by atoms with Crippen molar-refractivity contribution in [3.8, 4) is 11.5 Å². The molecule has 0 saturated heterocycles. The van der Waals surface area contributed by atoms with E-state index in [0.29, 0.717) is 19.8 Å². The zero-order valence-electron chi connectivity index (χ0n) is 14.3. The zero-order chi connectivity index (χ0) is 16.7. The van der Waals surface area contributed by atoms with Crippen LogP contribution in [-0.2, 0) is 12.0 Å². The maximum Gasteiger partial charge on any atom is 0.123 e. The molecular formula is C20H27NO2. The van der Waals surface area contributed by atoms with Crippen molar-refractivity contribution in [2.24, 2.45) is 5.73 Å². The molecule has 23 heavy (non-hydrogen) atoms. The lowest BCUT2D eigenvalue weighted by Crippen LogP contribution is -2.15. The molecule has 0 aliphatic carbocycles. The molecule has 0 aromatic heterocycles. The van der Waals surface area contributed by atoms with Gasteiger partial charge in [0.15, 0.2) is 0 Å². The summed E-state index contributed by atoms with van der Waals surface area (Å²) in [5.41, 5.74) is 8.24. The minimum atomic E-state index is 0.202. The summed E-state index contributed by atoms with van der Waals surface area (Å²) in [6, 6.07) is 16.2. The van der Waals surface area contributed by atoms with Gasteiger partial charge in [0.2, 0.25) is 0 Å². The Morgan fingerprint density at radius 3 is 2.22 bits per heavy atom. The monoisotopic (exact) mass is 313 g/mol. The molecule has 2 aromatic rings. The molecule has 0 amide bonds. The van der Waals surface area contributed by atoms with Crippen molar-refractivity contribution in [2.45, 2.75) is 39.2 Å². The van der Waals surface area contributed by atoms with Crippen LogP contribution in [0.25, 0.3) is 0 Å². The van der Waals surface area contributed by atoms with Gasteiger partial charge in [0, 0.05) is 12.1 Å². The Kier molecular flexibility index (Phi) is 6.05. The molecule has 0 unspecified atom stereocenters. The van der Waals surface area contributed by atoms with Crippen LogP contribution in [0.15, 0.2) is 48.5 Å². The fourth-order valence-electron chi connectivity index (χ4n) is 2.33. The number of rotatable bonds is 8. The molecule has 0 spiro atoms. The number of para-hydroxylation sites is 1. The molecule has 2 aromatic carbocycles. The fourth-order valence-corrected chi connectivity index (χ4v) is 2.33. The minimum absolute atomic E-state index is 0.202. The van der Waals surface area contributed by atoms with Gasteiger partial charge in [0.05, 0.1) is 0 Å². The lowest BCUT2D eigenvalue weighted by Gasteiger charge is -2.23. The van der Waals surface area contributed by atoms with Crippen molar-refractivity contribution in [1.29, 1.82) is 0 Å². The molecule has 3 nitrogen and oxygen atoms in total. The summed E-state index contributed by atoms with van der Waals surface area (Å²) in [7, 11) is 0. The standard InChI is InChI=1S/C20H27NO2/c1-4-20(2,3)17-9-11-18(12-10-17)22-13-14-23-19-8-6-5-7-16(19)15-21/h5-12H,4,13-15,21H2,1-3H3. The first kappa shape index (κ1) is 17.4. The van der Waals surface area contributed by atoms with E-state index in [9.17, 15) is 0 Å². The van der Waals surface area contributed by atoms with Crippen LogP contribution in [0.4, 0.5) is 0 Å². The first-order chi connectivity index (χ1) is 11.1. The second-order valence-corrected chi connectivity index (χ2v) is 6.27. The Morgan fingerprint density at radius 1 is 0.913 bits per heavy atom. The van der Waals surface area contributed by atoms with Crippen LogP contribution in [0.1, 0.15) is 38.3 Å². The lowest BCUT2D eigenvalue weighted by molar-refractivity contribution is 0.216. The molecule has 2 N–H and O–H groups in total. The molecule has 0 atom stereocenters. The number of ether oxygens (including phenoxy) is 2. The molecule has 0 aliphatic rings. The summed E-state index contributed by atoms with van der Waals surface area (Å²) in [6.07, 6.45) is 1.11. The van der Waals surface area contributed by atoms with Crippen molar-refractivity contribution in [2.75, 3.05) is 13.2 Å². The van der Waals surface area contributed by atoms with Crippen LogP contribution < -0.4 is 15.2 Å². The Morgan fingerprint density at radius 2 is 1.57 bits per heavy atom. The van der Waals surface area contributed by atoms with E-state index in [1.165, 1.54) is 5.56 Å². The van der Waals surface area contributed by atoms with Gasteiger partial charge in [-0.05, 0) is 35.6 Å². The third-order valence-corrected chi connectivity index (χ3v) is 4.32. The van der Waals surface area contributed by atoms with Gasteiger partial charge in [0.25, 0.3) is 0 Å². The van der Waals surface area contributed by atoms with Crippen molar-refractivity contribution in [3.63, 3.8) is 0 Å². The van der Waals surface area contributed by atoms with Crippen LogP contribution in [0, 0.1) is 0 Å². The number of hydrogen-bond acceptors (Lipinski definition) is 3. The number of benzene rings is 2. The first-order valence-electron chi connectivity index (χ1n) is 8.21. The molecule has 0 bridgehead atoms. The van der Waals surface area contributed by atoms with Gasteiger partial charge in [-0.1, -0.05) is 51.1 Å². The highest BCUT2D eigenvalue weighted by atomic mass is 16.5. The summed E-state index contributed by atoms with van der Waals surface area (Å²) in [4.78, 5) is 0. The largest absolute Gasteiger partial charge is 0.490 e. The van der Waals surface area contributed by atoms with E-state index < -0.39 is 0 Å². The van der Waals surface area contributed by atoms with E-state index in [4.69, 9.17) is 15.2 Å². The Balaban J connectivity index is 1.83. The Bertz CT molecular complexity index is 605. The predicted octanol–water partition coefficient (Wildman–Crippen LogP) is 4.29. The summed E-state index contributed by atoms with van der Waals surface area (Å²) in [5, 5.41) is 0. The topological polar surface area (TPSA) is 44.5 Å². The minimum Gasteiger partial charge on any atom is -0.490 e. The average molecular weight is 313 g/mol. The van der Waals surface area contributed by atoms with Gasteiger partial charge < -0.3 is 15.2 Å². The molecule has 0 aliphatic heterocycles. The molecule has 0 saturated carbocycles. The van der Waals surface area contributed by atoms with E-state index in [0.717, 1.165) is 23.5 Å². The summed E-state index contributed by atoms with van der Waals surface area (Å²) < 4.78 is 11.5. The van der Waals surface area contributed by atoms with Crippen LogP contribution in [0.2, 0.25) is 0 Å². The summed E-state index contributed by atoms with van der Waals surface area (Å²) >= 11 is 0. The van der Waals surface area contributed by atoms with Crippen LogP contribution >= 0.6 is 0 Å². The fraction of sp³-hybridized carbons (Fsp3) is 0.400.